The van der Waals surface area contributed by atoms with Gasteiger partial charge in [-0.15, -0.1) is 0 Å². The van der Waals surface area contributed by atoms with Crippen LogP contribution in [0.2, 0.25) is 0 Å². The first kappa shape index (κ1) is 19.4. The number of benzene rings is 2. The Morgan fingerprint density at radius 2 is 1.93 bits per heavy atom. The van der Waals surface area contributed by atoms with Crippen LogP contribution < -0.4 is 15.1 Å². The number of rotatable bonds is 9. The van der Waals surface area contributed by atoms with E-state index >= 15 is 0 Å². The fourth-order valence-corrected chi connectivity index (χ4v) is 3.35. The summed E-state index contributed by atoms with van der Waals surface area (Å²) in [6, 6.07) is 15.4. The van der Waals surface area contributed by atoms with E-state index in [4.69, 9.17) is 11.8 Å². The van der Waals surface area contributed by atoms with Crippen LogP contribution in [0.4, 0.5) is 10.5 Å². The number of Topliss-reactive ketones (excluding diaryl/α,β-unsaturated/α-hetero) is 1. The van der Waals surface area contributed by atoms with Gasteiger partial charge in [0.2, 0.25) is 0 Å². The Hall–Kier alpha value is -2.37. The first-order chi connectivity index (χ1) is 13.1. The first-order valence-electron chi connectivity index (χ1n) is 9.29. The van der Waals surface area contributed by atoms with Crippen molar-refractivity contribution in [1.29, 1.82) is 0 Å². The van der Waals surface area contributed by atoms with Gasteiger partial charge in [-0.2, -0.15) is 0 Å². The van der Waals surface area contributed by atoms with E-state index in [9.17, 15) is 9.59 Å². The van der Waals surface area contributed by atoms with Gasteiger partial charge in [0.25, 0.3) is 0 Å². The Labute approximate surface area is 164 Å². The molecular weight excluding hydrogens is 362 g/mol. The molecule has 1 aliphatic rings. The van der Waals surface area contributed by atoms with Crippen LogP contribution >= 0.6 is 11.8 Å². The van der Waals surface area contributed by atoms with Crippen LogP contribution in [0.1, 0.15) is 40.7 Å². The van der Waals surface area contributed by atoms with Crippen molar-refractivity contribution in [2.45, 2.75) is 32.2 Å². The Morgan fingerprint density at radius 3 is 2.74 bits per heavy atom. The summed E-state index contributed by atoms with van der Waals surface area (Å²) in [5.41, 5.74) is 3.50. The molecular formula is C21H24ClN3O2. The van der Waals surface area contributed by atoms with E-state index in [0.717, 1.165) is 42.3 Å². The zero-order valence-corrected chi connectivity index (χ0v) is 16.0. The highest BCUT2D eigenvalue weighted by molar-refractivity contribution is 6.37. The Bertz CT molecular complexity index is 795. The number of urea groups is 1. The molecule has 2 N–H and O–H groups in total. The van der Waals surface area contributed by atoms with Crippen molar-refractivity contribution in [3.05, 3.63) is 65.2 Å². The van der Waals surface area contributed by atoms with E-state index in [1.54, 1.807) is 12.1 Å². The molecule has 0 saturated heterocycles. The second-order valence-corrected chi connectivity index (χ2v) is 6.99. The molecule has 2 amide bonds. The third-order valence-corrected chi connectivity index (χ3v) is 5.00. The number of fused-ring (bicyclic) bond motifs is 1. The Balaban J connectivity index is 1.37. The molecule has 0 radical (unpaired) electrons. The molecule has 0 bridgehead atoms. The lowest BCUT2D eigenvalue weighted by Crippen LogP contribution is -2.38. The number of carbonyl (C=O) groups is 2. The monoisotopic (exact) mass is 385 g/mol. The highest BCUT2D eigenvalue weighted by Gasteiger charge is 2.23. The van der Waals surface area contributed by atoms with Gasteiger partial charge < -0.3 is 10.6 Å². The van der Waals surface area contributed by atoms with Gasteiger partial charge in [-0.1, -0.05) is 30.3 Å². The van der Waals surface area contributed by atoms with Crippen LogP contribution in [0, 0.1) is 0 Å². The molecule has 0 atom stereocenters. The standard InChI is InChI=1S/C21H24ClN3O2/c22-25-19-10-9-17(14-18(19)15-24-21(25)27)20(26)8-4-5-12-23-13-11-16-6-2-1-3-7-16/h1-3,6-7,9-10,14,23H,4-5,8,11-13,15H2,(H,24,27). The second-order valence-electron chi connectivity index (χ2n) is 6.65. The fourth-order valence-electron chi connectivity index (χ4n) is 3.12. The summed E-state index contributed by atoms with van der Waals surface area (Å²) < 4.78 is 1.05. The second kappa shape index (κ2) is 9.53. The van der Waals surface area contributed by atoms with Crippen molar-refractivity contribution in [3.8, 4) is 0 Å². The zero-order chi connectivity index (χ0) is 19.1. The van der Waals surface area contributed by atoms with Crippen LogP contribution in [0.5, 0.6) is 0 Å². The van der Waals surface area contributed by atoms with Crippen molar-refractivity contribution >= 4 is 29.3 Å². The predicted octanol–water partition coefficient (Wildman–Crippen LogP) is 4.06. The molecule has 3 rings (SSSR count). The zero-order valence-electron chi connectivity index (χ0n) is 15.2. The SMILES string of the molecule is O=C(CCCCNCCc1ccccc1)c1ccc2c(c1)CNC(=O)N2Cl. The molecule has 1 heterocycles. The number of ketones is 1. The summed E-state index contributed by atoms with van der Waals surface area (Å²) in [6.45, 7) is 2.25. The highest BCUT2D eigenvalue weighted by Crippen LogP contribution is 2.27. The number of anilines is 1. The molecule has 0 aliphatic carbocycles. The van der Waals surface area contributed by atoms with E-state index in [-0.39, 0.29) is 11.8 Å². The predicted molar refractivity (Wildman–Crippen MR) is 108 cm³/mol. The van der Waals surface area contributed by atoms with Crippen LogP contribution in [0.25, 0.3) is 0 Å². The van der Waals surface area contributed by atoms with Crippen molar-refractivity contribution in [2.75, 3.05) is 17.5 Å². The average Bonchev–Trinajstić information content (AvgIpc) is 2.70. The molecule has 0 aromatic heterocycles. The van der Waals surface area contributed by atoms with E-state index in [1.165, 1.54) is 5.56 Å². The number of hydrogen-bond donors (Lipinski definition) is 2. The molecule has 0 unspecified atom stereocenters. The lowest BCUT2D eigenvalue weighted by molar-refractivity contribution is 0.0979. The molecule has 0 saturated carbocycles. The van der Waals surface area contributed by atoms with Gasteiger partial charge in [0.1, 0.15) is 0 Å². The van der Waals surface area contributed by atoms with E-state index in [2.05, 4.69) is 34.9 Å². The van der Waals surface area contributed by atoms with E-state index < -0.39 is 0 Å². The molecule has 5 nitrogen and oxygen atoms in total. The molecule has 6 heteroatoms. The number of hydrogen-bond acceptors (Lipinski definition) is 3. The van der Waals surface area contributed by atoms with Crippen LogP contribution in [-0.4, -0.2) is 24.9 Å². The summed E-state index contributed by atoms with van der Waals surface area (Å²) in [5, 5.41) is 6.10. The van der Waals surface area contributed by atoms with E-state index in [1.807, 2.05) is 12.1 Å². The Morgan fingerprint density at radius 1 is 1.11 bits per heavy atom. The Kier molecular flexibility index (Phi) is 6.85. The van der Waals surface area contributed by atoms with Crippen molar-refractivity contribution in [2.24, 2.45) is 0 Å². The lowest BCUT2D eigenvalue weighted by Gasteiger charge is -2.24. The normalized spacial score (nSPS) is 13.2. The summed E-state index contributed by atoms with van der Waals surface area (Å²) >= 11 is 5.94. The van der Waals surface area contributed by atoms with Gasteiger partial charge in [0.15, 0.2) is 5.78 Å². The third kappa shape index (κ3) is 5.31. The number of carbonyl (C=O) groups excluding carboxylic acids is 2. The minimum Gasteiger partial charge on any atom is -0.332 e. The maximum absolute atomic E-state index is 12.4. The number of nitrogens with one attached hydrogen (secondary N) is 2. The van der Waals surface area contributed by atoms with Crippen molar-refractivity contribution in [3.63, 3.8) is 0 Å². The molecule has 142 valence electrons. The summed E-state index contributed by atoms with van der Waals surface area (Å²) in [6.07, 6.45) is 3.36. The van der Waals surface area contributed by atoms with Crippen molar-refractivity contribution in [1.82, 2.24) is 10.6 Å². The molecule has 27 heavy (non-hydrogen) atoms. The topological polar surface area (TPSA) is 61.4 Å². The van der Waals surface area contributed by atoms with Gasteiger partial charge >= 0.3 is 6.03 Å². The smallest absolute Gasteiger partial charge is 0.332 e. The van der Waals surface area contributed by atoms with Crippen molar-refractivity contribution < 1.29 is 9.59 Å². The van der Waals surface area contributed by atoms with E-state index in [0.29, 0.717) is 24.2 Å². The average molecular weight is 386 g/mol. The fraction of sp³-hybridized carbons (Fsp3) is 0.333. The van der Waals surface area contributed by atoms with Crippen LogP contribution in [-0.2, 0) is 13.0 Å². The van der Waals surface area contributed by atoms with Gasteiger partial charge in [-0.3, -0.25) is 4.79 Å². The minimum absolute atomic E-state index is 0.125. The number of nitrogens with zero attached hydrogens (tertiary/aromatic N) is 1. The quantitative estimate of drug-likeness (QED) is 0.389. The van der Waals surface area contributed by atoms with Gasteiger partial charge in [-0.25, -0.2) is 9.21 Å². The lowest BCUT2D eigenvalue weighted by atomic mass is 10.0. The molecule has 0 spiro atoms. The summed E-state index contributed by atoms with van der Waals surface area (Å²) in [4.78, 5) is 23.9. The molecule has 0 fully saturated rings. The van der Waals surface area contributed by atoms with Gasteiger partial charge in [-0.05, 0) is 61.7 Å². The molecule has 2 aromatic carbocycles. The maximum Gasteiger partial charge on any atom is 0.337 e. The molecule has 1 aliphatic heterocycles. The number of halogens is 1. The highest BCUT2D eigenvalue weighted by atomic mass is 35.5. The summed E-state index contributed by atoms with van der Waals surface area (Å²) in [7, 11) is 0. The summed E-state index contributed by atoms with van der Waals surface area (Å²) in [5.74, 6) is 0.125. The molecule has 2 aromatic rings. The number of amides is 2. The minimum atomic E-state index is -0.344. The third-order valence-electron chi connectivity index (χ3n) is 4.66. The largest absolute Gasteiger partial charge is 0.337 e. The first-order valence-corrected chi connectivity index (χ1v) is 9.63. The van der Waals surface area contributed by atoms with Gasteiger partial charge in [0.05, 0.1) is 5.69 Å². The van der Waals surface area contributed by atoms with Crippen LogP contribution in [0.15, 0.2) is 48.5 Å². The van der Waals surface area contributed by atoms with Crippen LogP contribution in [0.3, 0.4) is 0 Å². The number of unbranched alkanes of at least 4 members (excludes halogenated alkanes) is 1. The van der Waals surface area contributed by atoms with Gasteiger partial charge in [0, 0.05) is 30.3 Å². The maximum atomic E-state index is 12.4.